The Balaban J connectivity index is 1.69. The van der Waals surface area contributed by atoms with E-state index in [1.54, 1.807) is 0 Å². The lowest BCUT2D eigenvalue weighted by molar-refractivity contribution is -0.105. The number of nitrogens with zero attached hydrogens (tertiary/aromatic N) is 1. The van der Waals surface area contributed by atoms with E-state index in [9.17, 15) is 4.79 Å². The number of hydrogen-bond acceptors (Lipinski definition) is 2. The first kappa shape index (κ1) is 34.5. The van der Waals surface area contributed by atoms with Crippen LogP contribution in [0, 0.1) is 0 Å². The summed E-state index contributed by atoms with van der Waals surface area (Å²) in [4.78, 5) is 13.4. The Morgan fingerprint density at radius 2 is 0.830 bits per heavy atom. The number of carbonyl (C=O) groups is 1. The summed E-state index contributed by atoms with van der Waals surface area (Å²) in [5.41, 5.74) is 13.7. The molecule has 3 heteroatoms. The standard InChI is InChI=1S/C44H55N2O/c1-5-9-13-35-17-25-39(26-18-35)44(40-27-19-36(20-28-40)14-10-6-2)41(34-47)33-46(45-44,42-29-21-37(22-30-42)15-11-7-3)43-31-23-38(24-32-43)16-12-8-4/h17-34,45H,5-16H2,1-4H3/q+1. The Bertz CT molecular complexity index is 1480. The van der Waals surface area contributed by atoms with Crippen LogP contribution in [0.2, 0.25) is 0 Å². The SMILES string of the molecule is CCCCc1ccc(C2(c3ccc(CCCC)cc3)N[N+](c3ccc(CCCC)cc3)(c3ccc(CCCC)cc3)C=C2C=O)cc1. The van der Waals surface area contributed by atoms with Crippen molar-refractivity contribution in [3.63, 3.8) is 0 Å². The summed E-state index contributed by atoms with van der Waals surface area (Å²) in [6, 6.07) is 36.0. The molecule has 1 N–H and O–H groups in total. The second-order valence-corrected chi connectivity index (χ2v) is 13.4. The number of rotatable bonds is 17. The monoisotopic (exact) mass is 627 g/mol. The van der Waals surface area contributed by atoms with E-state index in [4.69, 9.17) is 0 Å². The van der Waals surface area contributed by atoms with Crippen LogP contribution < -0.4 is 10.0 Å². The van der Waals surface area contributed by atoms with Crippen LogP contribution in [-0.2, 0) is 36.0 Å². The number of unbranched alkanes of at least 4 members (excludes halogenated alkanes) is 4. The zero-order valence-corrected chi connectivity index (χ0v) is 29.2. The molecule has 0 aliphatic carbocycles. The zero-order valence-electron chi connectivity index (χ0n) is 29.2. The Morgan fingerprint density at radius 1 is 0.511 bits per heavy atom. The molecule has 1 aliphatic heterocycles. The summed E-state index contributed by atoms with van der Waals surface area (Å²) in [7, 11) is 0. The summed E-state index contributed by atoms with van der Waals surface area (Å²) in [5, 5.41) is 0. The lowest BCUT2D eigenvalue weighted by Gasteiger charge is -2.38. The minimum Gasteiger partial charge on any atom is -0.298 e. The van der Waals surface area contributed by atoms with Gasteiger partial charge in [0.05, 0.1) is 5.57 Å². The number of benzene rings is 4. The molecule has 0 saturated heterocycles. The fourth-order valence-corrected chi connectivity index (χ4v) is 7.00. The van der Waals surface area contributed by atoms with Crippen LogP contribution >= 0.6 is 0 Å². The van der Waals surface area contributed by atoms with Crippen LogP contribution in [0.15, 0.2) is 109 Å². The maximum absolute atomic E-state index is 13.4. The average molecular weight is 628 g/mol. The highest BCUT2D eigenvalue weighted by molar-refractivity contribution is 5.84. The molecule has 47 heavy (non-hydrogen) atoms. The molecule has 0 atom stereocenters. The van der Waals surface area contributed by atoms with Gasteiger partial charge in [0.15, 0.2) is 23.2 Å². The van der Waals surface area contributed by atoms with Crippen molar-refractivity contribution in [3.05, 3.63) is 142 Å². The number of aryl methyl sites for hydroxylation is 4. The van der Waals surface area contributed by atoms with Crippen molar-refractivity contribution in [2.24, 2.45) is 0 Å². The van der Waals surface area contributed by atoms with Gasteiger partial charge in [-0.1, -0.05) is 126 Å². The Kier molecular flexibility index (Phi) is 12.0. The van der Waals surface area contributed by atoms with Gasteiger partial charge in [-0.05, 0) is 84.7 Å². The van der Waals surface area contributed by atoms with E-state index in [0.29, 0.717) is 0 Å². The van der Waals surface area contributed by atoms with E-state index in [0.717, 1.165) is 60.0 Å². The van der Waals surface area contributed by atoms with Crippen LogP contribution in [0.4, 0.5) is 11.4 Å². The molecular formula is C44H55N2O+. The van der Waals surface area contributed by atoms with Crippen LogP contribution in [0.5, 0.6) is 0 Å². The van der Waals surface area contributed by atoms with Crippen LogP contribution in [0.3, 0.4) is 0 Å². The summed E-state index contributed by atoms with van der Waals surface area (Å²) in [6.45, 7) is 8.96. The van der Waals surface area contributed by atoms with Gasteiger partial charge in [-0.3, -0.25) is 4.79 Å². The number of quaternary nitrogens is 1. The maximum atomic E-state index is 13.4. The van der Waals surface area contributed by atoms with E-state index in [2.05, 4.69) is 136 Å². The normalized spacial score (nSPS) is 15.0. The van der Waals surface area contributed by atoms with Gasteiger partial charge in [-0.15, -0.1) is 5.43 Å². The van der Waals surface area contributed by atoms with Gasteiger partial charge < -0.3 is 0 Å². The zero-order chi connectivity index (χ0) is 33.1. The first-order chi connectivity index (χ1) is 23.0. The van der Waals surface area contributed by atoms with Crippen molar-refractivity contribution in [2.75, 3.05) is 0 Å². The minimum absolute atomic E-state index is 0.255. The van der Waals surface area contributed by atoms with Gasteiger partial charge in [-0.2, -0.15) is 4.59 Å². The molecule has 4 aromatic rings. The van der Waals surface area contributed by atoms with Crippen molar-refractivity contribution < 1.29 is 4.79 Å². The molecule has 1 aliphatic rings. The van der Waals surface area contributed by atoms with Crippen LogP contribution in [0.1, 0.15) is 112 Å². The molecule has 0 aromatic heterocycles. The number of carbonyl (C=O) groups excluding carboxylic acids is 1. The predicted octanol–water partition coefficient (Wildman–Crippen LogP) is 11.2. The van der Waals surface area contributed by atoms with Gasteiger partial charge in [0.25, 0.3) is 0 Å². The Labute approximate surface area is 284 Å². The Hall–Kier alpha value is -3.79. The lowest BCUT2D eigenvalue weighted by Crippen LogP contribution is -2.56. The fourth-order valence-electron chi connectivity index (χ4n) is 7.00. The molecule has 0 saturated carbocycles. The molecule has 246 valence electrons. The quantitative estimate of drug-likeness (QED) is 0.0932. The first-order valence-corrected chi connectivity index (χ1v) is 18.3. The van der Waals surface area contributed by atoms with Crippen molar-refractivity contribution in [3.8, 4) is 0 Å². The summed E-state index contributed by atoms with van der Waals surface area (Å²) >= 11 is 0. The lowest BCUT2D eigenvalue weighted by atomic mass is 9.78. The van der Waals surface area contributed by atoms with Crippen LogP contribution in [0.25, 0.3) is 0 Å². The molecule has 3 nitrogen and oxygen atoms in total. The van der Waals surface area contributed by atoms with Crippen molar-refractivity contribution in [1.29, 1.82) is 0 Å². The third-order valence-electron chi connectivity index (χ3n) is 9.97. The van der Waals surface area contributed by atoms with Crippen molar-refractivity contribution in [2.45, 2.75) is 110 Å². The van der Waals surface area contributed by atoms with Crippen LogP contribution in [-0.4, -0.2) is 6.29 Å². The first-order valence-electron chi connectivity index (χ1n) is 18.3. The van der Waals surface area contributed by atoms with Gasteiger partial charge in [0, 0.05) is 24.3 Å². The van der Waals surface area contributed by atoms with Crippen molar-refractivity contribution >= 4 is 17.7 Å². The second kappa shape index (κ2) is 16.4. The third-order valence-corrected chi connectivity index (χ3v) is 9.97. The van der Waals surface area contributed by atoms with E-state index in [1.165, 1.54) is 73.6 Å². The number of aldehydes is 1. The molecule has 5 rings (SSSR count). The van der Waals surface area contributed by atoms with Gasteiger partial charge in [-0.25, -0.2) is 0 Å². The largest absolute Gasteiger partial charge is 0.298 e. The Morgan fingerprint density at radius 3 is 1.13 bits per heavy atom. The number of nitrogens with one attached hydrogen (secondary N) is 1. The smallest absolute Gasteiger partial charge is 0.162 e. The molecule has 0 spiro atoms. The second-order valence-electron chi connectivity index (χ2n) is 13.4. The molecule has 0 amide bonds. The minimum atomic E-state index is -0.837. The third kappa shape index (κ3) is 7.53. The van der Waals surface area contributed by atoms with Gasteiger partial charge in [0.1, 0.15) is 6.20 Å². The molecule has 4 aromatic carbocycles. The fraction of sp³-hybridized carbons (Fsp3) is 0.386. The molecule has 0 bridgehead atoms. The van der Waals surface area contributed by atoms with Gasteiger partial charge in [0.2, 0.25) is 0 Å². The highest BCUT2D eigenvalue weighted by Crippen LogP contribution is 2.48. The average Bonchev–Trinajstić information content (AvgIpc) is 3.49. The highest BCUT2D eigenvalue weighted by Gasteiger charge is 2.54. The predicted molar refractivity (Wildman–Crippen MR) is 200 cm³/mol. The van der Waals surface area contributed by atoms with E-state index in [-0.39, 0.29) is 4.59 Å². The van der Waals surface area contributed by atoms with E-state index in [1.807, 2.05) is 0 Å². The summed E-state index contributed by atoms with van der Waals surface area (Å²) < 4.78 is 0.255. The highest BCUT2D eigenvalue weighted by atomic mass is 16.1. The number of hydrogen-bond donors (Lipinski definition) is 1. The molecule has 0 fully saturated rings. The molecule has 1 heterocycles. The summed E-state index contributed by atoms with van der Waals surface area (Å²) in [5.74, 6) is 0. The maximum Gasteiger partial charge on any atom is 0.162 e. The molecule has 0 unspecified atom stereocenters. The van der Waals surface area contributed by atoms with E-state index < -0.39 is 5.54 Å². The van der Waals surface area contributed by atoms with E-state index >= 15 is 0 Å². The molecular weight excluding hydrogens is 572 g/mol. The molecule has 0 radical (unpaired) electrons. The van der Waals surface area contributed by atoms with Gasteiger partial charge >= 0.3 is 0 Å². The summed E-state index contributed by atoms with van der Waals surface area (Å²) in [6.07, 6.45) is 16.9. The van der Waals surface area contributed by atoms with Crippen molar-refractivity contribution in [1.82, 2.24) is 10.0 Å². The topological polar surface area (TPSA) is 29.1 Å².